The predicted octanol–water partition coefficient (Wildman–Crippen LogP) is 5.04. The molecule has 2 fully saturated rings. The van der Waals surface area contributed by atoms with E-state index in [4.69, 9.17) is 14.6 Å². The molecule has 0 aliphatic carbocycles. The Morgan fingerprint density at radius 3 is 2.26 bits per heavy atom. The molecule has 3 amide bonds. The zero-order chi connectivity index (χ0) is 36.7. The predicted molar refractivity (Wildman–Crippen MR) is 193 cm³/mol. The van der Waals surface area contributed by atoms with Crippen LogP contribution in [0.25, 0.3) is 11.2 Å². The topological polar surface area (TPSA) is 180 Å². The number of carbonyl (C=O) groups is 3. The number of aromatic amines is 2. The summed E-state index contributed by atoms with van der Waals surface area (Å²) in [5.41, 5.74) is 4.55. The first-order chi connectivity index (χ1) is 25.9. The summed E-state index contributed by atoms with van der Waals surface area (Å²) in [5.74, 6) is 0.977. The van der Waals surface area contributed by atoms with Crippen LogP contribution in [0.4, 0.5) is 4.79 Å². The quantitative estimate of drug-likeness (QED) is 0.0689. The summed E-state index contributed by atoms with van der Waals surface area (Å²) in [7, 11) is 2.65. The van der Waals surface area contributed by atoms with Crippen molar-refractivity contribution in [2.75, 3.05) is 27.3 Å². The largest absolute Gasteiger partial charge is 0.453 e. The first kappa shape index (κ1) is 35.3. The van der Waals surface area contributed by atoms with Crippen LogP contribution in [0.15, 0.2) is 84.1 Å². The van der Waals surface area contributed by atoms with E-state index in [2.05, 4.69) is 35.1 Å². The van der Waals surface area contributed by atoms with Crippen molar-refractivity contribution in [2.45, 2.75) is 56.3 Å². The van der Waals surface area contributed by atoms with Crippen molar-refractivity contribution < 1.29 is 28.9 Å². The number of nitrogens with zero attached hydrogens (tertiary/aromatic N) is 6. The Balaban J connectivity index is 1.05. The van der Waals surface area contributed by atoms with E-state index in [1.807, 2.05) is 71.6 Å². The van der Waals surface area contributed by atoms with Crippen molar-refractivity contribution in [2.24, 2.45) is 4.99 Å². The molecule has 2 aliphatic heterocycles. The number of amides is 3. The van der Waals surface area contributed by atoms with Gasteiger partial charge in [-0.2, -0.15) is 4.89 Å². The van der Waals surface area contributed by atoms with Gasteiger partial charge in [0.15, 0.2) is 11.7 Å². The molecule has 2 aliphatic rings. The number of rotatable bonds is 12. The molecule has 4 atom stereocenters. The lowest BCUT2D eigenvalue weighted by molar-refractivity contribution is -0.188. The standard InChI is InChI=1S/C38H41N9O6/c1-51-38(50)44-32(26-13-7-4-8-14-26)37(49)46-17-9-15-29(46)34-40-22-27(42-34)19-24-20-28-33(39-21-24)45-35(43-28)30-16-10-18-47(30)36(48)31(41-23-53-52-2)25-11-5-3-6-12-25/h3-8,11-14,20-23,29-32H,9-10,15-19H2,1-2H3,(H,40,42)(H,44,50)(H,39,43,45)/t29-,30-,31+,32-/m0/s1. The number of imidazole rings is 2. The fourth-order valence-electron chi connectivity index (χ4n) is 7.19. The van der Waals surface area contributed by atoms with Crippen molar-refractivity contribution in [3.05, 3.63) is 113 Å². The second-order valence-electron chi connectivity index (χ2n) is 13.0. The van der Waals surface area contributed by atoms with Crippen LogP contribution in [-0.2, 0) is 30.5 Å². The Bertz CT molecular complexity index is 2070. The van der Waals surface area contributed by atoms with Gasteiger partial charge in [0.25, 0.3) is 11.8 Å². The number of carbonyl (C=O) groups excluding carboxylic acids is 3. The Kier molecular flexibility index (Phi) is 10.7. The number of pyridine rings is 1. The van der Waals surface area contributed by atoms with Crippen molar-refractivity contribution in [1.82, 2.24) is 40.0 Å². The summed E-state index contributed by atoms with van der Waals surface area (Å²) in [5, 5.41) is 2.70. The number of aromatic nitrogens is 5. The van der Waals surface area contributed by atoms with Gasteiger partial charge >= 0.3 is 6.09 Å². The van der Waals surface area contributed by atoms with Crippen molar-refractivity contribution in [3.8, 4) is 0 Å². The molecule has 53 heavy (non-hydrogen) atoms. The summed E-state index contributed by atoms with van der Waals surface area (Å²) >= 11 is 0. The van der Waals surface area contributed by atoms with Crippen LogP contribution in [0.5, 0.6) is 0 Å². The average molecular weight is 720 g/mol. The third-order valence-electron chi connectivity index (χ3n) is 9.68. The minimum atomic E-state index is -0.889. The highest BCUT2D eigenvalue weighted by Gasteiger charge is 2.38. The number of hydrogen-bond acceptors (Lipinski definition) is 10. The maximum absolute atomic E-state index is 13.9. The molecule has 3 aromatic heterocycles. The molecular formula is C38H41N9O6. The van der Waals surface area contributed by atoms with E-state index < -0.39 is 18.2 Å². The van der Waals surface area contributed by atoms with E-state index >= 15 is 0 Å². The first-order valence-electron chi connectivity index (χ1n) is 17.6. The van der Waals surface area contributed by atoms with Gasteiger partial charge in [-0.3, -0.25) is 9.59 Å². The molecule has 0 saturated carbocycles. The summed E-state index contributed by atoms with van der Waals surface area (Å²) in [6.45, 7) is 1.12. The molecule has 2 saturated heterocycles. The number of ether oxygens (including phenoxy) is 1. The lowest BCUT2D eigenvalue weighted by Crippen LogP contribution is -2.42. The summed E-state index contributed by atoms with van der Waals surface area (Å²) < 4.78 is 4.82. The van der Waals surface area contributed by atoms with E-state index in [0.29, 0.717) is 42.4 Å². The Morgan fingerprint density at radius 1 is 0.887 bits per heavy atom. The van der Waals surface area contributed by atoms with Crippen LogP contribution in [-0.4, -0.2) is 86.3 Å². The second kappa shape index (κ2) is 16.1. The maximum atomic E-state index is 13.9. The van der Waals surface area contributed by atoms with E-state index in [1.54, 1.807) is 17.3 Å². The first-order valence-corrected chi connectivity index (χ1v) is 17.6. The summed E-state index contributed by atoms with van der Waals surface area (Å²) in [6.07, 6.45) is 7.68. The number of benzene rings is 2. The fourth-order valence-corrected chi connectivity index (χ4v) is 7.19. The van der Waals surface area contributed by atoms with Gasteiger partial charge in [0.1, 0.15) is 17.7 Å². The molecule has 3 N–H and O–H groups in total. The molecule has 5 aromatic rings. The minimum absolute atomic E-state index is 0.156. The van der Waals surface area contributed by atoms with Gasteiger partial charge in [0, 0.05) is 37.6 Å². The third kappa shape index (κ3) is 7.74. The number of alkyl carbamates (subject to hydrolysis) is 1. The van der Waals surface area contributed by atoms with E-state index in [-0.39, 0.29) is 23.9 Å². The normalized spacial score (nSPS) is 18.4. The maximum Gasteiger partial charge on any atom is 0.407 e. The Hall–Kier alpha value is -6.09. The molecule has 0 bridgehead atoms. The van der Waals surface area contributed by atoms with Gasteiger partial charge in [0.2, 0.25) is 6.40 Å². The number of methoxy groups -OCH3 is 1. The van der Waals surface area contributed by atoms with E-state index in [1.165, 1.54) is 14.2 Å². The molecule has 5 heterocycles. The molecule has 15 heteroatoms. The highest BCUT2D eigenvalue weighted by molar-refractivity contribution is 5.87. The lowest BCUT2D eigenvalue weighted by Gasteiger charge is -2.28. The van der Waals surface area contributed by atoms with Crippen LogP contribution in [0.3, 0.4) is 0 Å². The third-order valence-corrected chi connectivity index (χ3v) is 9.68. The molecule has 15 nitrogen and oxygen atoms in total. The number of aliphatic imine (C=N–C) groups is 1. The number of hydrogen-bond donors (Lipinski definition) is 3. The number of nitrogens with one attached hydrogen (secondary N) is 3. The van der Waals surface area contributed by atoms with Gasteiger partial charge in [-0.25, -0.2) is 24.7 Å². The Labute approximate surface area is 305 Å². The van der Waals surface area contributed by atoms with E-state index in [9.17, 15) is 14.4 Å². The molecular weight excluding hydrogens is 678 g/mol. The zero-order valence-corrected chi connectivity index (χ0v) is 29.5. The fraction of sp³-hybridized carbons (Fsp3) is 0.342. The van der Waals surface area contributed by atoms with Crippen LogP contribution in [0.2, 0.25) is 0 Å². The number of likely N-dealkylation sites (tertiary alicyclic amines) is 2. The molecule has 7 rings (SSSR count). The van der Waals surface area contributed by atoms with Crippen LogP contribution >= 0.6 is 0 Å². The summed E-state index contributed by atoms with van der Waals surface area (Å²) in [6, 6.07) is 18.3. The highest BCUT2D eigenvalue weighted by atomic mass is 17.2. The molecule has 0 spiro atoms. The van der Waals surface area contributed by atoms with Gasteiger partial charge in [-0.1, -0.05) is 60.7 Å². The van der Waals surface area contributed by atoms with Crippen molar-refractivity contribution in [1.29, 1.82) is 0 Å². The number of H-pyrrole nitrogens is 2. The SMILES string of the molecule is COOC=N[C@@H](C(=O)N1CCC[C@H]1c1nc2ncc(Cc3cnc([C@@H]4CCCN4C(=O)[C@@H](NC(=O)OC)c4ccccc4)[nH]3)cc2[nH]1)c1ccccc1. The van der Waals surface area contributed by atoms with Crippen molar-refractivity contribution in [3.63, 3.8) is 0 Å². The van der Waals surface area contributed by atoms with Gasteiger partial charge in [-0.15, -0.1) is 0 Å². The van der Waals surface area contributed by atoms with Gasteiger partial charge in [-0.05, 0) is 48.4 Å². The molecule has 2 aromatic carbocycles. The van der Waals surface area contributed by atoms with E-state index in [0.717, 1.165) is 54.4 Å². The molecule has 0 radical (unpaired) electrons. The average Bonchev–Trinajstić information content (AvgIpc) is 4.02. The van der Waals surface area contributed by atoms with Gasteiger partial charge < -0.3 is 34.7 Å². The molecule has 274 valence electrons. The van der Waals surface area contributed by atoms with Gasteiger partial charge in [0.05, 0.1) is 31.8 Å². The number of fused-ring (bicyclic) bond motifs is 1. The zero-order valence-electron chi connectivity index (χ0n) is 29.5. The molecule has 0 unspecified atom stereocenters. The Morgan fingerprint density at radius 2 is 1.57 bits per heavy atom. The smallest absolute Gasteiger partial charge is 0.407 e. The monoisotopic (exact) mass is 719 g/mol. The van der Waals surface area contributed by atoms with Crippen LogP contribution in [0.1, 0.15) is 83.9 Å². The lowest BCUT2D eigenvalue weighted by atomic mass is 10.1. The summed E-state index contributed by atoms with van der Waals surface area (Å²) in [4.78, 5) is 78.4. The van der Waals surface area contributed by atoms with Crippen LogP contribution in [0, 0.1) is 0 Å². The second-order valence-corrected chi connectivity index (χ2v) is 13.0. The minimum Gasteiger partial charge on any atom is -0.453 e. The highest BCUT2D eigenvalue weighted by Crippen LogP contribution is 2.36. The van der Waals surface area contributed by atoms with Crippen LogP contribution < -0.4 is 5.32 Å². The van der Waals surface area contributed by atoms with Crippen molar-refractivity contribution >= 4 is 35.5 Å².